The zero-order chi connectivity index (χ0) is 30.8. The van der Waals surface area contributed by atoms with Gasteiger partial charge in [-0.25, -0.2) is 4.79 Å². The molecule has 41 heavy (non-hydrogen) atoms. The minimum Gasteiger partial charge on any atom is -0.394 e. The maximum Gasteiger partial charge on any atom is 0.449 e. The summed E-state index contributed by atoms with van der Waals surface area (Å²) in [5.41, 5.74) is -1.32. The molecule has 1 aromatic rings. The molecule has 0 aromatic carbocycles. The molecule has 0 bridgehead atoms. The van der Waals surface area contributed by atoms with Crippen LogP contribution < -0.4 is 11.2 Å². The monoisotopic (exact) mass is 660 g/mol. The molecule has 2 rings (SSSR count). The first-order valence-corrected chi connectivity index (χ1v) is 17.2. The molecule has 1 unspecified atom stereocenters. The van der Waals surface area contributed by atoms with Gasteiger partial charge in [-0.05, 0) is 20.3 Å². The number of Topliss-reactive ketones (excluding diaryl/α,β-unsaturated/α-hetero) is 1. The van der Waals surface area contributed by atoms with Crippen LogP contribution in [0, 0.1) is 11.8 Å². The summed E-state index contributed by atoms with van der Waals surface area (Å²) in [4.78, 5) is 38.1. The molecule has 9 nitrogen and oxygen atoms in total. The highest BCUT2D eigenvalue weighted by Gasteiger charge is 2.39. The molecule has 0 aliphatic carbocycles. The van der Waals surface area contributed by atoms with E-state index in [4.69, 9.17) is 14.2 Å². The summed E-state index contributed by atoms with van der Waals surface area (Å²) in [6, 6.07) is 0. The number of nitrogens with zero attached hydrogens (tertiary/aromatic N) is 1. The molecule has 2 N–H and O–H groups in total. The van der Waals surface area contributed by atoms with Crippen molar-refractivity contribution in [3.05, 3.63) is 32.6 Å². The van der Waals surface area contributed by atoms with Crippen molar-refractivity contribution in [2.75, 3.05) is 25.1 Å². The molecule has 0 spiro atoms. The number of ether oxygens (including phenoxy) is 3. The third-order valence-corrected chi connectivity index (χ3v) is 11.4. The number of nitrogens with one attached hydrogen (secondary N) is 1. The molecule has 232 valence electrons. The van der Waals surface area contributed by atoms with Gasteiger partial charge in [0.2, 0.25) is 5.78 Å². The quantitative estimate of drug-likeness (QED) is 0.125. The molecule has 3 atom stereocenters. The van der Waals surface area contributed by atoms with Crippen molar-refractivity contribution in [1.82, 2.24) is 9.55 Å². The van der Waals surface area contributed by atoms with Gasteiger partial charge < -0.3 is 19.3 Å². The second-order valence-corrected chi connectivity index (χ2v) is 16.6. The van der Waals surface area contributed by atoms with E-state index < -0.39 is 52.8 Å². The van der Waals surface area contributed by atoms with E-state index in [9.17, 15) is 32.7 Å². The summed E-state index contributed by atoms with van der Waals surface area (Å²) < 4.78 is 55.0. The van der Waals surface area contributed by atoms with E-state index in [1.54, 1.807) is 35.4 Å². The Morgan fingerprint density at radius 2 is 1.85 bits per heavy atom. The van der Waals surface area contributed by atoms with Crippen molar-refractivity contribution < 1.29 is 37.3 Å². The van der Waals surface area contributed by atoms with Gasteiger partial charge in [-0.3, -0.25) is 19.1 Å². The Morgan fingerprint density at radius 3 is 2.49 bits per heavy atom. The normalized spacial score (nSPS) is 19.7. The van der Waals surface area contributed by atoms with E-state index in [2.05, 4.69) is 37.6 Å². The van der Waals surface area contributed by atoms with Crippen molar-refractivity contribution in [3.8, 4) is 11.8 Å². The van der Waals surface area contributed by atoms with Gasteiger partial charge in [0.25, 0.3) is 5.56 Å². The number of hydrogen-bond acceptors (Lipinski definition) is 11. The topological polar surface area (TPSA) is 120 Å². The molecule has 2 heterocycles. The number of ketones is 1. The van der Waals surface area contributed by atoms with Crippen LogP contribution in [0.15, 0.2) is 15.8 Å². The number of carbonyl (C=O) groups is 1. The van der Waals surface area contributed by atoms with Crippen LogP contribution in [0.2, 0.25) is 0 Å². The first-order chi connectivity index (χ1) is 19.0. The average molecular weight is 661 g/mol. The van der Waals surface area contributed by atoms with Gasteiger partial charge in [-0.1, -0.05) is 75.8 Å². The van der Waals surface area contributed by atoms with Crippen molar-refractivity contribution in [1.29, 1.82) is 0 Å². The molecule has 16 heteroatoms. The highest BCUT2D eigenvalue weighted by Crippen LogP contribution is 2.39. The number of aromatic amines is 1. The number of aliphatic hydroxyl groups is 1. The average Bonchev–Trinajstić information content (AvgIpc) is 3.27. The number of H-pyrrole nitrogens is 1. The predicted molar refractivity (Wildman–Crippen MR) is 159 cm³/mol. The van der Waals surface area contributed by atoms with E-state index in [0.717, 1.165) is 0 Å². The van der Waals surface area contributed by atoms with Gasteiger partial charge in [0, 0.05) is 28.5 Å². The standard InChI is InChI=1S/C25H35F3N2O7S4/c1-23(2,3)40-39-15-36-17-11-20(37-18(17)13-31)30-12-16(21(33)29-22(30)34)7-6-10-35-14-38-41-24(4,5)9-8-19(32)25(26,27)28/h12,17-18,20,31H,8-11,13-15H2,1-5H3,(H,29,33,34)/t17?,18-,20-/m1/s1. The van der Waals surface area contributed by atoms with Crippen molar-refractivity contribution in [2.45, 2.75) is 88.0 Å². The molecule has 1 aromatic heterocycles. The van der Waals surface area contributed by atoms with Crippen LogP contribution in [0.25, 0.3) is 0 Å². The fourth-order valence-corrected chi connectivity index (χ4v) is 7.62. The van der Waals surface area contributed by atoms with Gasteiger partial charge in [-0.15, -0.1) is 0 Å². The van der Waals surface area contributed by atoms with Gasteiger partial charge in [-0.2, -0.15) is 13.2 Å². The number of hydrogen-bond donors (Lipinski definition) is 2. The number of aromatic nitrogens is 2. The molecule has 0 amide bonds. The van der Waals surface area contributed by atoms with Crippen molar-refractivity contribution >= 4 is 49.0 Å². The minimum absolute atomic E-state index is 0.0244. The zero-order valence-electron chi connectivity index (χ0n) is 23.4. The van der Waals surface area contributed by atoms with E-state index in [1.807, 2.05) is 0 Å². The fraction of sp³-hybridized carbons (Fsp3) is 0.720. The van der Waals surface area contributed by atoms with Gasteiger partial charge in [0.05, 0.1) is 12.7 Å². The Hall–Kier alpha value is -1.06. The first-order valence-electron chi connectivity index (χ1n) is 12.5. The number of rotatable bonds is 14. The Morgan fingerprint density at radius 1 is 1.17 bits per heavy atom. The Balaban J connectivity index is 1.87. The lowest BCUT2D eigenvalue weighted by Gasteiger charge is -2.22. The molecule has 1 saturated heterocycles. The smallest absolute Gasteiger partial charge is 0.394 e. The minimum atomic E-state index is -4.82. The fourth-order valence-electron chi connectivity index (χ4n) is 3.35. The molecule has 1 fully saturated rings. The summed E-state index contributed by atoms with van der Waals surface area (Å²) in [6.45, 7) is 9.42. The number of aliphatic hydroxyl groups excluding tert-OH is 1. The summed E-state index contributed by atoms with van der Waals surface area (Å²) in [5.74, 6) is 4.18. The zero-order valence-corrected chi connectivity index (χ0v) is 26.6. The Labute approximate surface area is 252 Å². The molecule has 1 aliphatic heterocycles. The second kappa shape index (κ2) is 16.1. The highest BCUT2D eigenvalue weighted by atomic mass is 33.1. The van der Waals surface area contributed by atoms with Gasteiger partial charge in [0.15, 0.2) is 0 Å². The SMILES string of the molecule is CC(C)(C)SSCOC1C[C@H](n2cc(C#CCOCSSC(C)(C)CCC(=O)C(F)(F)F)c(=O)[nH]c2=O)O[C@@H]1CO. The maximum atomic E-state index is 12.5. The molecular weight excluding hydrogens is 626 g/mol. The highest BCUT2D eigenvalue weighted by molar-refractivity contribution is 8.77. The van der Waals surface area contributed by atoms with Crippen LogP contribution in [-0.2, 0) is 19.0 Å². The molecule has 1 aliphatic rings. The maximum absolute atomic E-state index is 12.5. The van der Waals surface area contributed by atoms with E-state index in [1.165, 1.54) is 32.4 Å². The summed E-state index contributed by atoms with van der Waals surface area (Å²) >= 11 is 0. The lowest BCUT2D eigenvalue weighted by atomic mass is 10.0. The third kappa shape index (κ3) is 13.0. The van der Waals surface area contributed by atoms with Gasteiger partial charge in [0.1, 0.15) is 36.4 Å². The van der Waals surface area contributed by atoms with Crippen LogP contribution >= 0.6 is 43.2 Å². The first kappa shape index (κ1) is 36.1. The molecule has 0 saturated carbocycles. The van der Waals surface area contributed by atoms with Gasteiger partial charge >= 0.3 is 11.9 Å². The summed E-state index contributed by atoms with van der Waals surface area (Å²) in [5, 5.41) is 9.73. The van der Waals surface area contributed by atoms with Crippen LogP contribution in [0.5, 0.6) is 0 Å². The second-order valence-electron chi connectivity index (χ2n) is 10.5. The molecular formula is C25H35F3N2O7S4. The predicted octanol–water partition coefficient (Wildman–Crippen LogP) is 4.74. The third-order valence-electron chi connectivity index (χ3n) is 5.36. The van der Waals surface area contributed by atoms with Crippen LogP contribution in [-0.4, -0.2) is 73.4 Å². The van der Waals surface area contributed by atoms with Crippen LogP contribution in [0.1, 0.15) is 65.7 Å². The van der Waals surface area contributed by atoms with Crippen molar-refractivity contribution in [2.24, 2.45) is 0 Å². The lowest BCUT2D eigenvalue weighted by molar-refractivity contribution is -0.171. The Bertz CT molecular complexity index is 1190. The van der Waals surface area contributed by atoms with Crippen LogP contribution in [0.3, 0.4) is 0 Å². The van der Waals surface area contributed by atoms with E-state index >= 15 is 0 Å². The largest absolute Gasteiger partial charge is 0.449 e. The number of alkyl halides is 3. The van der Waals surface area contributed by atoms with Crippen LogP contribution in [0.4, 0.5) is 13.2 Å². The number of carbonyl (C=O) groups excluding carboxylic acids is 1. The molecule has 0 radical (unpaired) electrons. The Kier molecular flexibility index (Phi) is 14.2. The summed E-state index contributed by atoms with van der Waals surface area (Å²) in [6.07, 6.45) is -5.58. The summed E-state index contributed by atoms with van der Waals surface area (Å²) in [7, 11) is 5.78. The number of halogens is 3. The van der Waals surface area contributed by atoms with E-state index in [-0.39, 0.29) is 35.9 Å². The van der Waals surface area contributed by atoms with Crippen molar-refractivity contribution in [3.63, 3.8) is 0 Å². The van der Waals surface area contributed by atoms with E-state index in [0.29, 0.717) is 12.4 Å². The lowest BCUT2D eigenvalue weighted by Crippen LogP contribution is -2.33.